The van der Waals surface area contributed by atoms with E-state index in [9.17, 15) is 0 Å². The topological polar surface area (TPSA) is 33.3 Å². The molecule has 0 heterocycles. The fourth-order valence-corrected chi connectivity index (χ4v) is 1.76. The standard InChI is InChI=1S/C10H20N2OS/c1-3-4-5-11-10(14)12-8-6-9(7-8)13-2/h8-9H,3-7H2,1-2H3,(H2,11,12,14). The Labute approximate surface area is 91.6 Å². The zero-order valence-corrected chi connectivity index (χ0v) is 9.82. The fraction of sp³-hybridized carbons (Fsp3) is 0.900. The minimum Gasteiger partial charge on any atom is -0.381 e. The van der Waals surface area contributed by atoms with E-state index >= 15 is 0 Å². The van der Waals surface area contributed by atoms with Gasteiger partial charge in [0, 0.05) is 19.7 Å². The van der Waals surface area contributed by atoms with E-state index in [1.54, 1.807) is 7.11 Å². The van der Waals surface area contributed by atoms with Gasteiger partial charge < -0.3 is 15.4 Å². The van der Waals surface area contributed by atoms with Crippen molar-refractivity contribution in [3.05, 3.63) is 0 Å². The molecule has 1 rings (SSSR count). The Morgan fingerprint density at radius 2 is 2.21 bits per heavy atom. The lowest BCUT2D eigenvalue weighted by Gasteiger charge is -2.35. The lowest BCUT2D eigenvalue weighted by atomic mass is 9.89. The molecule has 82 valence electrons. The van der Waals surface area contributed by atoms with Gasteiger partial charge in [-0.05, 0) is 31.5 Å². The third kappa shape index (κ3) is 3.80. The Bertz CT molecular complexity index is 181. The van der Waals surface area contributed by atoms with Crippen LogP contribution in [0.25, 0.3) is 0 Å². The highest BCUT2D eigenvalue weighted by atomic mass is 32.1. The molecule has 3 nitrogen and oxygen atoms in total. The molecule has 0 aromatic carbocycles. The Kier molecular flexibility index (Phi) is 5.19. The fourth-order valence-electron chi connectivity index (χ4n) is 1.49. The van der Waals surface area contributed by atoms with Gasteiger partial charge >= 0.3 is 0 Å². The molecule has 0 amide bonds. The second kappa shape index (κ2) is 6.19. The van der Waals surface area contributed by atoms with Gasteiger partial charge in [-0.15, -0.1) is 0 Å². The first-order valence-corrected chi connectivity index (χ1v) is 5.74. The van der Waals surface area contributed by atoms with E-state index in [4.69, 9.17) is 17.0 Å². The zero-order chi connectivity index (χ0) is 10.4. The molecule has 1 aliphatic carbocycles. The molecule has 0 aliphatic heterocycles. The molecular formula is C10H20N2OS. The van der Waals surface area contributed by atoms with Gasteiger partial charge in [-0.3, -0.25) is 0 Å². The molecule has 1 aliphatic rings. The summed E-state index contributed by atoms with van der Waals surface area (Å²) in [6, 6.07) is 0.515. The second-order valence-corrected chi connectivity index (χ2v) is 4.19. The average Bonchev–Trinajstić information content (AvgIpc) is 2.11. The molecule has 0 saturated heterocycles. The number of thiocarbonyl (C=S) groups is 1. The summed E-state index contributed by atoms with van der Waals surface area (Å²) in [7, 11) is 1.76. The lowest BCUT2D eigenvalue weighted by molar-refractivity contribution is 0.0226. The first kappa shape index (κ1) is 11.7. The molecule has 0 radical (unpaired) electrons. The molecule has 1 fully saturated rings. The number of methoxy groups -OCH3 is 1. The maximum Gasteiger partial charge on any atom is 0.166 e. The lowest BCUT2D eigenvalue weighted by Crippen LogP contribution is -2.50. The summed E-state index contributed by atoms with van der Waals surface area (Å²) in [5, 5.41) is 7.26. The quantitative estimate of drug-likeness (QED) is 0.538. The summed E-state index contributed by atoms with van der Waals surface area (Å²) < 4.78 is 5.19. The van der Waals surface area contributed by atoms with Crippen molar-refractivity contribution in [1.82, 2.24) is 10.6 Å². The van der Waals surface area contributed by atoms with Crippen LogP contribution in [0.15, 0.2) is 0 Å². The van der Waals surface area contributed by atoms with Crippen LogP contribution in [0.5, 0.6) is 0 Å². The van der Waals surface area contributed by atoms with Crippen molar-refractivity contribution >= 4 is 17.3 Å². The Balaban J connectivity index is 1.99. The van der Waals surface area contributed by atoms with Gasteiger partial charge in [-0.25, -0.2) is 0 Å². The molecule has 0 aromatic rings. The molecule has 0 spiro atoms. The van der Waals surface area contributed by atoms with Gasteiger partial charge in [-0.2, -0.15) is 0 Å². The molecule has 0 bridgehead atoms. The van der Waals surface area contributed by atoms with E-state index in [0.717, 1.165) is 24.5 Å². The molecular weight excluding hydrogens is 196 g/mol. The Morgan fingerprint density at radius 1 is 1.50 bits per heavy atom. The normalized spacial score (nSPS) is 25.3. The van der Waals surface area contributed by atoms with Crippen molar-refractivity contribution in [2.45, 2.75) is 44.8 Å². The van der Waals surface area contributed by atoms with E-state index in [1.807, 2.05) is 0 Å². The molecule has 2 N–H and O–H groups in total. The monoisotopic (exact) mass is 216 g/mol. The van der Waals surface area contributed by atoms with Crippen LogP contribution in [0.4, 0.5) is 0 Å². The number of rotatable bonds is 5. The third-order valence-electron chi connectivity index (χ3n) is 2.58. The van der Waals surface area contributed by atoms with Gasteiger partial charge in [0.15, 0.2) is 5.11 Å². The smallest absolute Gasteiger partial charge is 0.166 e. The molecule has 0 unspecified atom stereocenters. The highest BCUT2D eigenvalue weighted by Crippen LogP contribution is 2.22. The highest BCUT2D eigenvalue weighted by Gasteiger charge is 2.29. The van der Waals surface area contributed by atoms with Crippen molar-refractivity contribution < 1.29 is 4.74 Å². The molecule has 4 heteroatoms. The van der Waals surface area contributed by atoms with E-state index in [0.29, 0.717) is 12.1 Å². The predicted molar refractivity (Wildman–Crippen MR) is 62.5 cm³/mol. The SMILES string of the molecule is CCCCNC(=S)NC1CC(OC)C1. The Morgan fingerprint density at radius 3 is 2.79 bits per heavy atom. The molecule has 0 aromatic heterocycles. The third-order valence-corrected chi connectivity index (χ3v) is 2.84. The number of unbranched alkanes of at least 4 members (excludes halogenated alkanes) is 1. The van der Waals surface area contributed by atoms with Crippen LogP contribution in [0.3, 0.4) is 0 Å². The maximum atomic E-state index is 5.19. The zero-order valence-electron chi connectivity index (χ0n) is 9.01. The first-order valence-electron chi connectivity index (χ1n) is 5.33. The first-order chi connectivity index (χ1) is 6.76. The molecule has 14 heavy (non-hydrogen) atoms. The summed E-state index contributed by atoms with van der Waals surface area (Å²) in [6.45, 7) is 3.15. The highest BCUT2D eigenvalue weighted by molar-refractivity contribution is 7.80. The summed E-state index contributed by atoms with van der Waals surface area (Å²) in [5.74, 6) is 0. The van der Waals surface area contributed by atoms with Crippen LogP contribution in [0.1, 0.15) is 32.6 Å². The van der Waals surface area contributed by atoms with Gasteiger partial charge in [0.25, 0.3) is 0 Å². The van der Waals surface area contributed by atoms with E-state index in [2.05, 4.69) is 17.6 Å². The number of hydrogen-bond donors (Lipinski definition) is 2. The number of hydrogen-bond acceptors (Lipinski definition) is 2. The van der Waals surface area contributed by atoms with E-state index in [-0.39, 0.29) is 0 Å². The van der Waals surface area contributed by atoms with Crippen LogP contribution in [0.2, 0.25) is 0 Å². The summed E-state index contributed by atoms with van der Waals surface area (Å²) in [4.78, 5) is 0. The van der Waals surface area contributed by atoms with Crippen molar-refractivity contribution in [1.29, 1.82) is 0 Å². The van der Waals surface area contributed by atoms with Crippen LogP contribution in [-0.2, 0) is 4.74 Å². The average molecular weight is 216 g/mol. The van der Waals surface area contributed by atoms with Crippen molar-refractivity contribution in [2.75, 3.05) is 13.7 Å². The van der Waals surface area contributed by atoms with Crippen molar-refractivity contribution in [2.24, 2.45) is 0 Å². The van der Waals surface area contributed by atoms with E-state index in [1.165, 1.54) is 12.8 Å². The minimum absolute atomic E-state index is 0.436. The van der Waals surface area contributed by atoms with Crippen LogP contribution in [-0.4, -0.2) is 30.9 Å². The Hall–Kier alpha value is -0.350. The maximum absolute atomic E-state index is 5.19. The summed E-state index contributed by atoms with van der Waals surface area (Å²) >= 11 is 5.16. The van der Waals surface area contributed by atoms with Crippen molar-refractivity contribution in [3.8, 4) is 0 Å². The van der Waals surface area contributed by atoms with Crippen LogP contribution in [0, 0.1) is 0 Å². The summed E-state index contributed by atoms with van der Waals surface area (Å²) in [5.41, 5.74) is 0. The van der Waals surface area contributed by atoms with E-state index < -0.39 is 0 Å². The summed E-state index contributed by atoms with van der Waals surface area (Å²) in [6.07, 6.45) is 4.96. The van der Waals surface area contributed by atoms with Crippen LogP contribution >= 0.6 is 12.2 Å². The van der Waals surface area contributed by atoms with Crippen molar-refractivity contribution in [3.63, 3.8) is 0 Å². The number of ether oxygens (including phenoxy) is 1. The molecule has 0 atom stereocenters. The number of nitrogens with one attached hydrogen (secondary N) is 2. The second-order valence-electron chi connectivity index (χ2n) is 3.78. The van der Waals surface area contributed by atoms with Gasteiger partial charge in [0.05, 0.1) is 6.10 Å². The van der Waals surface area contributed by atoms with Crippen LogP contribution < -0.4 is 10.6 Å². The van der Waals surface area contributed by atoms with Gasteiger partial charge in [-0.1, -0.05) is 13.3 Å². The minimum atomic E-state index is 0.436. The van der Waals surface area contributed by atoms with Gasteiger partial charge in [0.2, 0.25) is 0 Å². The molecule has 1 saturated carbocycles. The van der Waals surface area contributed by atoms with Gasteiger partial charge in [0.1, 0.15) is 0 Å². The largest absolute Gasteiger partial charge is 0.381 e. The predicted octanol–water partition coefficient (Wildman–Crippen LogP) is 1.43.